The third-order valence-corrected chi connectivity index (χ3v) is 2.88. The number of carbonyl (C=O) groups is 1. The number of ether oxygens (including phenoxy) is 1. The average molecular weight is 251 g/mol. The molecule has 2 aromatic rings. The number of hydrogen-bond acceptors (Lipinski definition) is 3. The molecule has 0 atom stereocenters. The van der Waals surface area contributed by atoms with E-state index < -0.39 is 6.09 Å². The minimum absolute atomic E-state index is 0.213. The quantitative estimate of drug-likeness (QED) is 0.820. The molecule has 3 N–H and O–H groups in total. The number of nitrogens with two attached hydrogens (primary N) is 1. The summed E-state index contributed by atoms with van der Waals surface area (Å²) >= 11 is 5.23. The lowest BCUT2D eigenvalue weighted by atomic mass is 10.2. The van der Waals surface area contributed by atoms with Crippen LogP contribution < -0.4 is 5.73 Å². The zero-order valence-corrected chi connectivity index (χ0v) is 10.2. The van der Waals surface area contributed by atoms with Gasteiger partial charge in [0.15, 0.2) is 4.77 Å². The summed E-state index contributed by atoms with van der Waals surface area (Å²) in [6.07, 6.45) is -0.770. The molecule has 0 unspecified atom stereocenters. The highest BCUT2D eigenvalue weighted by molar-refractivity contribution is 7.71. The van der Waals surface area contributed by atoms with Gasteiger partial charge in [0.05, 0.1) is 17.6 Å². The van der Waals surface area contributed by atoms with Crippen molar-refractivity contribution in [2.75, 3.05) is 6.61 Å². The fourth-order valence-electron chi connectivity index (χ4n) is 1.85. The van der Waals surface area contributed by atoms with Crippen LogP contribution in [0.5, 0.6) is 0 Å². The van der Waals surface area contributed by atoms with Crippen molar-refractivity contribution in [2.45, 2.75) is 13.5 Å². The van der Waals surface area contributed by atoms with E-state index in [4.69, 9.17) is 22.7 Å². The second-order valence-electron chi connectivity index (χ2n) is 3.72. The van der Waals surface area contributed by atoms with E-state index in [1.54, 1.807) is 0 Å². The van der Waals surface area contributed by atoms with Crippen LogP contribution in [-0.4, -0.2) is 22.3 Å². The maximum absolute atomic E-state index is 10.5. The molecule has 6 heteroatoms. The summed E-state index contributed by atoms with van der Waals surface area (Å²) in [7, 11) is 0. The predicted octanol–water partition coefficient (Wildman–Crippen LogP) is 2.10. The normalized spacial score (nSPS) is 10.6. The van der Waals surface area contributed by atoms with Gasteiger partial charge in [0.1, 0.15) is 6.61 Å². The monoisotopic (exact) mass is 251 g/mol. The van der Waals surface area contributed by atoms with Gasteiger partial charge in [-0.05, 0) is 30.8 Å². The van der Waals surface area contributed by atoms with Crippen LogP contribution in [0, 0.1) is 11.7 Å². The number of fused-ring (bicyclic) bond motifs is 1. The fourth-order valence-corrected chi connectivity index (χ4v) is 2.15. The number of amides is 1. The molecule has 0 radical (unpaired) electrons. The Labute approximate surface area is 103 Å². The number of rotatable bonds is 3. The highest BCUT2D eigenvalue weighted by atomic mass is 32.1. The van der Waals surface area contributed by atoms with Gasteiger partial charge < -0.3 is 20.0 Å². The molecule has 1 amide bonds. The minimum atomic E-state index is -0.770. The van der Waals surface area contributed by atoms with Crippen LogP contribution in [0.4, 0.5) is 4.79 Å². The molecular weight excluding hydrogens is 238 g/mol. The molecule has 0 saturated heterocycles. The maximum Gasteiger partial charge on any atom is 0.404 e. The smallest absolute Gasteiger partial charge is 0.404 e. The predicted molar refractivity (Wildman–Crippen MR) is 67.4 cm³/mol. The van der Waals surface area contributed by atoms with Gasteiger partial charge in [-0.3, -0.25) is 0 Å². The second-order valence-corrected chi connectivity index (χ2v) is 4.11. The number of aromatic amines is 1. The van der Waals surface area contributed by atoms with Crippen LogP contribution in [0.25, 0.3) is 11.0 Å². The number of H-pyrrole nitrogens is 1. The molecule has 1 aromatic heterocycles. The van der Waals surface area contributed by atoms with Gasteiger partial charge >= 0.3 is 6.09 Å². The number of nitrogens with zero attached hydrogens (tertiary/aromatic N) is 1. The molecule has 90 valence electrons. The van der Waals surface area contributed by atoms with E-state index in [0.29, 0.717) is 11.3 Å². The molecule has 0 aliphatic carbocycles. The largest absolute Gasteiger partial charge is 0.448 e. The SMILES string of the molecule is Cc1cccc2[nH]c(=S)n(CCOC(N)=O)c12. The molecule has 0 spiro atoms. The Kier molecular flexibility index (Phi) is 3.14. The van der Waals surface area contributed by atoms with Crippen LogP contribution in [0.3, 0.4) is 0 Å². The summed E-state index contributed by atoms with van der Waals surface area (Å²) in [5.41, 5.74) is 8.04. The molecule has 0 fully saturated rings. The molecule has 5 nitrogen and oxygen atoms in total. The van der Waals surface area contributed by atoms with Crippen molar-refractivity contribution in [3.05, 3.63) is 28.5 Å². The highest BCUT2D eigenvalue weighted by Crippen LogP contribution is 2.17. The summed E-state index contributed by atoms with van der Waals surface area (Å²) in [6.45, 7) is 2.72. The molecule has 0 aliphatic rings. The van der Waals surface area contributed by atoms with Crippen molar-refractivity contribution in [1.82, 2.24) is 9.55 Å². The number of carbonyl (C=O) groups excluding carboxylic acids is 1. The van der Waals surface area contributed by atoms with E-state index in [0.717, 1.165) is 16.6 Å². The molecule has 0 bridgehead atoms. The number of aryl methyl sites for hydroxylation is 1. The van der Waals surface area contributed by atoms with Crippen molar-refractivity contribution in [2.24, 2.45) is 5.73 Å². The van der Waals surface area contributed by atoms with Gasteiger partial charge in [-0.2, -0.15) is 0 Å². The molecule has 0 saturated carbocycles. The Hall–Kier alpha value is -1.82. The number of nitrogens with one attached hydrogen (secondary N) is 1. The van der Waals surface area contributed by atoms with Gasteiger partial charge in [-0.25, -0.2) is 4.79 Å². The van der Waals surface area contributed by atoms with Crippen molar-refractivity contribution in [3.63, 3.8) is 0 Å². The molecule has 2 rings (SSSR count). The third-order valence-electron chi connectivity index (χ3n) is 2.55. The van der Waals surface area contributed by atoms with Gasteiger partial charge in [-0.1, -0.05) is 12.1 Å². The van der Waals surface area contributed by atoms with Gasteiger partial charge in [0, 0.05) is 0 Å². The first-order valence-electron chi connectivity index (χ1n) is 5.20. The Balaban J connectivity index is 2.36. The van der Waals surface area contributed by atoms with Crippen molar-refractivity contribution in [1.29, 1.82) is 0 Å². The van der Waals surface area contributed by atoms with Crippen molar-refractivity contribution >= 4 is 29.3 Å². The number of hydrogen-bond donors (Lipinski definition) is 2. The van der Waals surface area contributed by atoms with Crippen LogP contribution >= 0.6 is 12.2 Å². The zero-order chi connectivity index (χ0) is 12.4. The maximum atomic E-state index is 10.5. The summed E-state index contributed by atoms with van der Waals surface area (Å²) in [5, 5.41) is 0. The topological polar surface area (TPSA) is 73.0 Å². The lowest BCUT2D eigenvalue weighted by molar-refractivity contribution is 0.152. The number of benzene rings is 1. The molecular formula is C11H13N3O2S. The highest BCUT2D eigenvalue weighted by Gasteiger charge is 2.06. The van der Waals surface area contributed by atoms with Gasteiger partial charge in [0.2, 0.25) is 0 Å². The van der Waals surface area contributed by atoms with E-state index in [2.05, 4.69) is 4.98 Å². The van der Waals surface area contributed by atoms with Crippen LogP contribution in [0.2, 0.25) is 0 Å². The summed E-state index contributed by atoms with van der Waals surface area (Å²) in [4.78, 5) is 13.6. The van der Waals surface area contributed by atoms with E-state index in [1.165, 1.54) is 0 Å². The van der Waals surface area contributed by atoms with Crippen LogP contribution in [0.15, 0.2) is 18.2 Å². The van der Waals surface area contributed by atoms with E-state index in [1.807, 2.05) is 29.7 Å². The fraction of sp³-hybridized carbons (Fsp3) is 0.273. The van der Waals surface area contributed by atoms with Gasteiger partial charge in [0.25, 0.3) is 0 Å². The van der Waals surface area contributed by atoms with Crippen molar-refractivity contribution in [3.8, 4) is 0 Å². The zero-order valence-electron chi connectivity index (χ0n) is 9.40. The van der Waals surface area contributed by atoms with Crippen molar-refractivity contribution < 1.29 is 9.53 Å². The molecule has 1 heterocycles. The Morgan fingerprint density at radius 3 is 3.06 bits per heavy atom. The Morgan fingerprint density at radius 1 is 1.59 bits per heavy atom. The van der Waals surface area contributed by atoms with Gasteiger partial charge in [-0.15, -0.1) is 0 Å². The Bertz CT molecular complexity index is 615. The van der Waals surface area contributed by atoms with E-state index >= 15 is 0 Å². The number of aromatic nitrogens is 2. The lowest BCUT2D eigenvalue weighted by Gasteiger charge is -2.06. The average Bonchev–Trinajstić information content (AvgIpc) is 2.56. The summed E-state index contributed by atoms with van der Waals surface area (Å²) in [6, 6.07) is 5.94. The summed E-state index contributed by atoms with van der Waals surface area (Å²) in [5.74, 6) is 0. The third kappa shape index (κ3) is 2.31. The number of para-hydroxylation sites is 1. The molecule has 0 aliphatic heterocycles. The molecule has 17 heavy (non-hydrogen) atoms. The lowest BCUT2D eigenvalue weighted by Crippen LogP contribution is -2.16. The second kappa shape index (κ2) is 4.58. The first-order chi connectivity index (χ1) is 8.09. The Morgan fingerprint density at radius 2 is 2.35 bits per heavy atom. The molecule has 1 aromatic carbocycles. The standard InChI is InChI=1S/C11H13N3O2S/c1-7-3-2-4-8-9(7)14(11(17)13-8)5-6-16-10(12)15/h2-4H,5-6H2,1H3,(H2,12,15)(H,13,17). The summed E-state index contributed by atoms with van der Waals surface area (Å²) < 4.78 is 7.24. The first-order valence-corrected chi connectivity index (χ1v) is 5.61. The van der Waals surface area contributed by atoms with Crippen LogP contribution in [0.1, 0.15) is 5.56 Å². The number of primary amides is 1. The van der Waals surface area contributed by atoms with Crippen LogP contribution in [-0.2, 0) is 11.3 Å². The van der Waals surface area contributed by atoms with E-state index in [9.17, 15) is 4.79 Å². The first kappa shape index (κ1) is 11.7. The minimum Gasteiger partial charge on any atom is -0.448 e. The van der Waals surface area contributed by atoms with E-state index in [-0.39, 0.29) is 6.61 Å². The number of imidazole rings is 1.